The lowest BCUT2D eigenvalue weighted by molar-refractivity contribution is -0.128. The van der Waals surface area contributed by atoms with Crippen molar-refractivity contribution >= 4 is 5.91 Å². The molecule has 0 spiro atoms. The Kier molecular flexibility index (Phi) is 8.11. The van der Waals surface area contributed by atoms with Gasteiger partial charge in [-0.1, -0.05) is 19.8 Å². The summed E-state index contributed by atoms with van der Waals surface area (Å²) in [6, 6.07) is 0. The molecule has 0 bridgehead atoms. The molecule has 20 heavy (non-hydrogen) atoms. The lowest BCUT2D eigenvalue weighted by Gasteiger charge is -2.35. The molecular formula is C15H30N2O3. The number of hydrogen-bond donors (Lipinski definition) is 2. The van der Waals surface area contributed by atoms with Crippen LogP contribution in [0.2, 0.25) is 0 Å². The highest BCUT2D eigenvalue weighted by molar-refractivity contribution is 5.86. The Hall–Kier alpha value is -0.650. The molecule has 0 heterocycles. The van der Waals surface area contributed by atoms with Crippen molar-refractivity contribution in [2.45, 2.75) is 51.0 Å². The molecule has 3 N–H and O–H groups in total. The van der Waals surface area contributed by atoms with Crippen molar-refractivity contribution in [3.63, 3.8) is 0 Å². The Morgan fingerprint density at radius 1 is 1.35 bits per heavy atom. The van der Waals surface area contributed by atoms with Crippen molar-refractivity contribution in [3.05, 3.63) is 0 Å². The van der Waals surface area contributed by atoms with Gasteiger partial charge < -0.3 is 20.5 Å². The monoisotopic (exact) mass is 286 g/mol. The first kappa shape index (κ1) is 17.4. The van der Waals surface area contributed by atoms with Crippen LogP contribution in [0.1, 0.15) is 45.4 Å². The van der Waals surface area contributed by atoms with E-state index in [4.69, 9.17) is 15.2 Å². The van der Waals surface area contributed by atoms with Gasteiger partial charge in [0.15, 0.2) is 0 Å². The maximum absolute atomic E-state index is 12.2. The molecule has 5 heteroatoms. The molecule has 0 radical (unpaired) electrons. The first-order valence-corrected chi connectivity index (χ1v) is 7.72. The van der Waals surface area contributed by atoms with Crippen molar-refractivity contribution in [1.29, 1.82) is 0 Å². The van der Waals surface area contributed by atoms with Crippen molar-refractivity contribution in [2.75, 3.05) is 33.5 Å². The van der Waals surface area contributed by atoms with Crippen LogP contribution in [0.15, 0.2) is 0 Å². The third-order valence-corrected chi connectivity index (χ3v) is 3.92. The standard InChI is InChI=1S/C15H30N2O3/c1-13-6-5-7-15(16,12-13)14(18)17-8-3-4-9-20-11-10-19-2/h13H,3-12,16H2,1-2H3,(H,17,18). The number of hydrogen-bond acceptors (Lipinski definition) is 4. The molecule has 1 aliphatic carbocycles. The number of carbonyl (C=O) groups is 1. The summed E-state index contributed by atoms with van der Waals surface area (Å²) in [5.74, 6) is 0.568. The maximum Gasteiger partial charge on any atom is 0.240 e. The highest BCUT2D eigenvalue weighted by Gasteiger charge is 2.37. The van der Waals surface area contributed by atoms with E-state index in [1.807, 2.05) is 0 Å². The molecule has 0 aromatic carbocycles. The summed E-state index contributed by atoms with van der Waals surface area (Å²) in [5.41, 5.74) is 5.59. The normalized spacial score (nSPS) is 26.4. The van der Waals surface area contributed by atoms with E-state index in [-0.39, 0.29) is 5.91 Å². The first-order chi connectivity index (χ1) is 9.58. The van der Waals surface area contributed by atoms with E-state index in [0.717, 1.165) is 32.1 Å². The number of nitrogens with two attached hydrogens (primary N) is 1. The number of ether oxygens (including phenoxy) is 2. The highest BCUT2D eigenvalue weighted by atomic mass is 16.5. The molecule has 0 aromatic heterocycles. The van der Waals surface area contributed by atoms with Gasteiger partial charge in [-0.15, -0.1) is 0 Å². The summed E-state index contributed by atoms with van der Waals surface area (Å²) in [6.07, 6.45) is 5.72. The molecule has 118 valence electrons. The Bertz CT molecular complexity index is 286. The Morgan fingerprint density at radius 2 is 2.15 bits per heavy atom. The fourth-order valence-corrected chi connectivity index (χ4v) is 2.75. The van der Waals surface area contributed by atoms with Crippen molar-refractivity contribution in [1.82, 2.24) is 5.32 Å². The third kappa shape index (κ3) is 6.20. The number of nitrogens with one attached hydrogen (secondary N) is 1. The average Bonchev–Trinajstić information content (AvgIpc) is 2.41. The van der Waals surface area contributed by atoms with Crippen LogP contribution in [-0.2, 0) is 14.3 Å². The van der Waals surface area contributed by atoms with Gasteiger partial charge in [-0.3, -0.25) is 4.79 Å². The van der Waals surface area contributed by atoms with E-state index in [0.29, 0.717) is 32.3 Å². The molecular weight excluding hydrogens is 256 g/mol. The van der Waals surface area contributed by atoms with Crippen LogP contribution in [-0.4, -0.2) is 44.9 Å². The fourth-order valence-electron chi connectivity index (χ4n) is 2.75. The Morgan fingerprint density at radius 3 is 2.85 bits per heavy atom. The zero-order chi connectivity index (χ0) is 14.8. The summed E-state index contributed by atoms with van der Waals surface area (Å²) >= 11 is 0. The highest BCUT2D eigenvalue weighted by Crippen LogP contribution is 2.30. The number of amides is 1. The van der Waals surface area contributed by atoms with E-state index in [2.05, 4.69) is 12.2 Å². The van der Waals surface area contributed by atoms with Gasteiger partial charge in [0, 0.05) is 20.3 Å². The second-order valence-corrected chi connectivity index (χ2v) is 5.93. The molecule has 1 rings (SSSR count). The van der Waals surface area contributed by atoms with Gasteiger partial charge in [-0.25, -0.2) is 0 Å². The largest absolute Gasteiger partial charge is 0.382 e. The van der Waals surface area contributed by atoms with Gasteiger partial charge in [0.05, 0.1) is 18.8 Å². The summed E-state index contributed by atoms with van der Waals surface area (Å²) in [5, 5.41) is 2.97. The lowest BCUT2D eigenvalue weighted by Crippen LogP contribution is -2.56. The topological polar surface area (TPSA) is 73.6 Å². The molecule has 2 atom stereocenters. The molecule has 1 saturated carbocycles. The minimum Gasteiger partial charge on any atom is -0.382 e. The van der Waals surface area contributed by atoms with Crippen molar-refractivity contribution in [2.24, 2.45) is 11.7 Å². The summed E-state index contributed by atoms with van der Waals surface area (Å²) in [6.45, 7) is 4.83. The van der Waals surface area contributed by atoms with Crippen LogP contribution in [0.4, 0.5) is 0 Å². The van der Waals surface area contributed by atoms with Crippen molar-refractivity contribution in [3.8, 4) is 0 Å². The maximum atomic E-state index is 12.2. The predicted molar refractivity (Wildman–Crippen MR) is 79.5 cm³/mol. The van der Waals surface area contributed by atoms with Gasteiger partial charge >= 0.3 is 0 Å². The van der Waals surface area contributed by atoms with Gasteiger partial charge in [0.2, 0.25) is 5.91 Å². The average molecular weight is 286 g/mol. The van der Waals surface area contributed by atoms with Gasteiger partial charge in [-0.05, 0) is 31.6 Å². The number of rotatable bonds is 9. The predicted octanol–water partition coefficient (Wildman–Crippen LogP) is 1.45. The molecule has 1 fully saturated rings. The van der Waals surface area contributed by atoms with Crippen LogP contribution in [0.5, 0.6) is 0 Å². The van der Waals surface area contributed by atoms with E-state index >= 15 is 0 Å². The molecule has 5 nitrogen and oxygen atoms in total. The quantitative estimate of drug-likeness (QED) is 0.629. The van der Waals surface area contributed by atoms with E-state index < -0.39 is 5.54 Å². The van der Waals surface area contributed by atoms with Gasteiger partial charge in [0.25, 0.3) is 0 Å². The smallest absolute Gasteiger partial charge is 0.240 e. The summed E-state index contributed by atoms with van der Waals surface area (Å²) < 4.78 is 10.3. The summed E-state index contributed by atoms with van der Waals surface area (Å²) in [7, 11) is 1.66. The van der Waals surface area contributed by atoms with Crippen LogP contribution < -0.4 is 11.1 Å². The first-order valence-electron chi connectivity index (χ1n) is 7.72. The zero-order valence-corrected chi connectivity index (χ0v) is 13.0. The van der Waals surface area contributed by atoms with Crippen molar-refractivity contribution < 1.29 is 14.3 Å². The fraction of sp³-hybridized carbons (Fsp3) is 0.933. The molecule has 1 amide bonds. The second kappa shape index (κ2) is 9.32. The minimum atomic E-state index is -0.646. The summed E-state index contributed by atoms with van der Waals surface area (Å²) in [4.78, 5) is 12.2. The van der Waals surface area contributed by atoms with Crippen LogP contribution in [0.25, 0.3) is 0 Å². The Labute approximate surface area is 122 Å². The van der Waals surface area contributed by atoms with E-state index in [1.54, 1.807) is 7.11 Å². The lowest BCUT2D eigenvalue weighted by atomic mass is 9.76. The Balaban J connectivity index is 2.07. The molecule has 0 saturated heterocycles. The zero-order valence-electron chi connectivity index (χ0n) is 13.0. The van der Waals surface area contributed by atoms with Gasteiger partial charge in [0.1, 0.15) is 0 Å². The number of unbranched alkanes of at least 4 members (excludes halogenated alkanes) is 1. The van der Waals surface area contributed by atoms with Gasteiger partial charge in [-0.2, -0.15) is 0 Å². The minimum absolute atomic E-state index is 0.0179. The molecule has 1 aliphatic rings. The van der Waals surface area contributed by atoms with Crippen LogP contribution in [0.3, 0.4) is 0 Å². The number of methoxy groups -OCH3 is 1. The van der Waals surface area contributed by atoms with Crippen LogP contribution >= 0.6 is 0 Å². The molecule has 2 unspecified atom stereocenters. The second-order valence-electron chi connectivity index (χ2n) is 5.93. The SMILES string of the molecule is COCCOCCCCNC(=O)C1(N)CCCC(C)C1. The third-order valence-electron chi connectivity index (χ3n) is 3.92. The van der Waals surface area contributed by atoms with E-state index in [1.165, 1.54) is 6.42 Å². The molecule has 0 aromatic rings. The van der Waals surface area contributed by atoms with Crippen LogP contribution in [0, 0.1) is 5.92 Å². The number of carbonyl (C=O) groups excluding carboxylic acids is 1. The van der Waals surface area contributed by atoms with E-state index in [9.17, 15) is 4.79 Å². The molecule has 0 aliphatic heterocycles.